The summed E-state index contributed by atoms with van der Waals surface area (Å²) in [5.74, 6) is -0.247. The highest BCUT2D eigenvalue weighted by Gasteiger charge is 2.31. The number of benzene rings is 1. The van der Waals surface area contributed by atoms with Gasteiger partial charge in [0.1, 0.15) is 11.6 Å². The van der Waals surface area contributed by atoms with Gasteiger partial charge in [-0.05, 0) is 12.1 Å². The first-order valence-electron chi connectivity index (χ1n) is 5.40. The van der Waals surface area contributed by atoms with Gasteiger partial charge in [-0.1, -0.05) is 0 Å². The third kappa shape index (κ3) is 2.24. The van der Waals surface area contributed by atoms with Crippen LogP contribution in [0.3, 0.4) is 0 Å². The first-order valence-corrected chi connectivity index (χ1v) is 5.40. The van der Waals surface area contributed by atoms with Crippen molar-refractivity contribution in [2.45, 2.75) is 6.42 Å². The molecule has 1 heterocycles. The zero-order chi connectivity index (χ0) is 12.4. The molecule has 0 radical (unpaired) electrons. The third-order valence-electron chi connectivity index (χ3n) is 2.91. The summed E-state index contributed by atoms with van der Waals surface area (Å²) in [5.41, 5.74) is 0.213. The summed E-state index contributed by atoms with van der Waals surface area (Å²) in [5, 5.41) is 9.02. The molecule has 1 atom stereocenters. The zero-order valence-electron chi connectivity index (χ0n) is 9.52. The fourth-order valence-electron chi connectivity index (χ4n) is 1.96. The van der Waals surface area contributed by atoms with Crippen molar-refractivity contribution in [2.24, 2.45) is 5.92 Å². The highest BCUT2D eigenvalue weighted by atomic mass is 19.1. The topological polar surface area (TPSA) is 49.8 Å². The molecule has 1 saturated heterocycles. The molecule has 1 N–H and O–H groups in total. The number of aliphatic hydroxyl groups is 1. The average Bonchev–Trinajstić information content (AvgIpc) is 2.71. The lowest BCUT2D eigenvalue weighted by molar-refractivity contribution is -0.117. The molecule has 92 valence electrons. The summed E-state index contributed by atoms with van der Waals surface area (Å²) >= 11 is 0. The normalized spacial score (nSPS) is 19.8. The van der Waals surface area contributed by atoms with E-state index >= 15 is 0 Å². The highest BCUT2D eigenvalue weighted by molar-refractivity contribution is 5.96. The van der Waals surface area contributed by atoms with Crippen molar-refractivity contribution in [1.82, 2.24) is 0 Å². The largest absolute Gasteiger partial charge is 0.497 e. The van der Waals surface area contributed by atoms with E-state index in [1.54, 1.807) is 0 Å². The van der Waals surface area contributed by atoms with Crippen LogP contribution in [0.5, 0.6) is 5.75 Å². The number of amides is 1. The van der Waals surface area contributed by atoms with Gasteiger partial charge in [0.05, 0.1) is 12.8 Å². The molecule has 0 bridgehead atoms. The van der Waals surface area contributed by atoms with E-state index in [0.29, 0.717) is 12.3 Å². The number of aliphatic hydroxyl groups excluding tert-OH is 1. The summed E-state index contributed by atoms with van der Waals surface area (Å²) in [6, 6.07) is 4.27. The van der Waals surface area contributed by atoms with Crippen LogP contribution in [0.25, 0.3) is 0 Å². The Bertz CT molecular complexity index is 436. The molecular formula is C12H14FNO3. The molecule has 0 spiro atoms. The van der Waals surface area contributed by atoms with Crippen LogP contribution in [0.2, 0.25) is 0 Å². The van der Waals surface area contributed by atoms with E-state index in [1.165, 1.54) is 30.2 Å². The van der Waals surface area contributed by atoms with Crippen LogP contribution < -0.4 is 9.64 Å². The fourth-order valence-corrected chi connectivity index (χ4v) is 1.96. The Morgan fingerprint density at radius 3 is 2.94 bits per heavy atom. The maximum Gasteiger partial charge on any atom is 0.227 e. The minimum Gasteiger partial charge on any atom is -0.497 e. The van der Waals surface area contributed by atoms with Crippen molar-refractivity contribution < 1.29 is 19.0 Å². The van der Waals surface area contributed by atoms with E-state index in [2.05, 4.69) is 0 Å². The second-order valence-electron chi connectivity index (χ2n) is 4.07. The van der Waals surface area contributed by atoms with Crippen LogP contribution in [0, 0.1) is 11.7 Å². The first kappa shape index (κ1) is 11.9. The minimum absolute atomic E-state index is 0.0617. The van der Waals surface area contributed by atoms with Gasteiger partial charge in [-0.2, -0.15) is 0 Å². The van der Waals surface area contributed by atoms with Crippen molar-refractivity contribution in [2.75, 3.05) is 25.2 Å². The fraction of sp³-hybridized carbons (Fsp3) is 0.417. The molecule has 17 heavy (non-hydrogen) atoms. The van der Waals surface area contributed by atoms with E-state index in [-0.39, 0.29) is 30.5 Å². The molecule has 1 aromatic rings. The molecule has 1 aliphatic rings. The van der Waals surface area contributed by atoms with E-state index in [1.807, 2.05) is 0 Å². The average molecular weight is 239 g/mol. The van der Waals surface area contributed by atoms with Crippen LogP contribution >= 0.6 is 0 Å². The zero-order valence-corrected chi connectivity index (χ0v) is 9.52. The number of carbonyl (C=O) groups is 1. The smallest absolute Gasteiger partial charge is 0.227 e. The van der Waals surface area contributed by atoms with Gasteiger partial charge < -0.3 is 14.7 Å². The second kappa shape index (κ2) is 4.71. The summed E-state index contributed by atoms with van der Waals surface area (Å²) in [6.45, 7) is 0.285. The Labute approximate surface area is 98.6 Å². The van der Waals surface area contributed by atoms with E-state index < -0.39 is 5.82 Å². The van der Waals surface area contributed by atoms with Gasteiger partial charge >= 0.3 is 0 Å². The van der Waals surface area contributed by atoms with Crippen molar-refractivity contribution >= 4 is 11.6 Å². The molecule has 0 saturated carbocycles. The van der Waals surface area contributed by atoms with Gasteiger partial charge in [-0.15, -0.1) is 0 Å². The van der Waals surface area contributed by atoms with Crippen LogP contribution in [0.1, 0.15) is 6.42 Å². The molecule has 0 aromatic heterocycles. The van der Waals surface area contributed by atoms with Gasteiger partial charge in [-0.3, -0.25) is 4.79 Å². The van der Waals surface area contributed by atoms with Gasteiger partial charge in [0.25, 0.3) is 0 Å². The number of anilines is 1. The Hall–Kier alpha value is -1.62. The molecule has 1 unspecified atom stereocenters. The van der Waals surface area contributed by atoms with Gasteiger partial charge in [0, 0.05) is 31.6 Å². The van der Waals surface area contributed by atoms with Crippen LogP contribution in [-0.2, 0) is 4.79 Å². The molecule has 1 aliphatic heterocycles. The Kier molecular flexibility index (Phi) is 3.28. The lowest BCUT2D eigenvalue weighted by Gasteiger charge is -2.17. The Morgan fingerprint density at radius 1 is 1.59 bits per heavy atom. The summed E-state index contributed by atoms with van der Waals surface area (Å²) in [7, 11) is 1.49. The first-order chi connectivity index (χ1) is 8.15. The molecular weight excluding hydrogens is 225 g/mol. The molecule has 0 aliphatic carbocycles. The van der Waals surface area contributed by atoms with Gasteiger partial charge in [0.15, 0.2) is 0 Å². The number of nitrogens with zero attached hydrogens (tertiary/aromatic N) is 1. The standard InChI is InChI=1S/C12H14FNO3/c1-17-9-2-3-10(13)11(5-9)14-6-8(7-15)4-12(14)16/h2-3,5,8,15H,4,6-7H2,1H3. The van der Waals surface area contributed by atoms with Crippen LogP contribution in [0.15, 0.2) is 18.2 Å². The van der Waals surface area contributed by atoms with Crippen molar-refractivity contribution in [3.05, 3.63) is 24.0 Å². The summed E-state index contributed by atoms with van der Waals surface area (Å²) in [6.07, 6.45) is 0.257. The second-order valence-corrected chi connectivity index (χ2v) is 4.07. The van der Waals surface area contributed by atoms with Crippen LogP contribution in [0.4, 0.5) is 10.1 Å². The van der Waals surface area contributed by atoms with Crippen molar-refractivity contribution in [3.63, 3.8) is 0 Å². The van der Waals surface area contributed by atoms with Crippen molar-refractivity contribution in [3.8, 4) is 5.75 Å². The summed E-state index contributed by atoms with van der Waals surface area (Å²) < 4.78 is 18.7. The maximum atomic E-state index is 13.7. The highest BCUT2D eigenvalue weighted by Crippen LogP contribution is 2.30. The predicted octanol–water partition coefficient (Wildman–Crippen LogP) is 1.18. The molecule has 1 aromatic carbocycles. The lowest BCUT2D eigenvalue weighted by Crippen LogP contribution is -2.25. The number of carbonyl (C=O) groups excluding carboxylic acids is 1. The van der Waals surface area contributed by atoms with E-state index in [4.69, 9.17) is 9.84 Å². The number of ether oxygens (including phenoxy) is 1. The van der Waals surface area contributed by atoms with E-state index in [9.17, 15) is 9.18 Å². The third-order valence-corrected chi connectivity index (χ3v) is 2.91. The van der Waals surface area contributed by atoms with Gasteiger partial charge in [-0.25, -0.2) is 4.39 Å². The van der Waals surface area contributed by atoms with Crippen molar-refractivity contribution in [1.29, 1.82) is 0 Å². The van der Waals surface area contributed by atoms with Gasteiger partial charge in [0.2, 0.25) is 5.91 Å². The van der Waals surface area contributed by atoms with Crippen LogP contribution in [-0.4, -0.2) is 31.3 Å². The number of methoxy groups -OCH3 is 1. The monoisotopic (exact) mass is 239 g/mol. The molecule has 4 nitrogen and oxygen atoms in total. The maximum absolute atomic E-state index is 13.7. The van der Waals surface area contributed by atoms with E-state index in [0.717, 1.165) is 0 Å². The summed E-state index contributed by atoms with van der Waals surface area (Å²) in [4.78, 5) is 13.1. The lowest BCUT2D eigenvalue weighted by atomic mass is 10.1. The molecule has 1 fully saturated rings. The molecule has 2 rings (SSSR count). The molecule has 1 amide bonds. The number of halogens is 1. The minimum atomic E-state index is -0.460. The number of hydrogen-bond acceptors (Lipinski definition) is 3. The molecule has 5 heteroatoms. The predicted molar refractivity (Wildman–Crippen MR) is 60.5 cm³/mol. The quantitative estimate of drug-likeness (QED) is 0.861. The number of hydrogen-bond donors (Lipinski definition) is 1. The number of rotatable bonds is 3. The Balaban J connectivity index is 2.30. The Morgan fingerprint density at radius 2 is 2.35 bits per heavy atom. The SMILES string of the molecule is COc1ccc(F)c(N2CC(CO)CC2=O)c1.